The average molecular weight is 253 g/mol. The maximum atomic E-state index is 4.53. The van der Waals surface area contributed by atoms with E-state index in [1.54, 1.807) is 0 Å². The molecule has 0 radical (unpaired) electrons. The number of nitrogens with zero attached hydrogens (tertiary/aromatic N) is 2. The zero-order valence-electron chi connectivity index (χ0n) is 11.1. The van der Waals surface area contributed by atoms with Crippen LogP contribution in [0.2, 0.25) is 0 Å². The van der Waals surface area contributed by atoms with Crippen LogP contribution in [0.3, 0.4) is 0 Å². The molecule has 1 aromatic rings. The van der Waals surface area contributed by atoms with Gasteiger partial charge in [0.1, 0.15) is 0 Å². The number of aryl methyl sites for hydroxylation is 2. The minimum Gasteiger partial charge on any atom is -0.316 e. The minimum absolute atomic E-state index is 0.603. The molecule has 1 aromatic heterocycles. The third-order valence-corrected chi connectivity index (χ3v) is 4.81. The lowest BCUT2D eigenvalue weighted by Gasteiger charge is -2.22. The van der Waals surface area contributed by atoms with Crippen molar-refractivity contribution in [3.05, 3.63) is 17.5 Å². The molecule has 0 spiro atoms. The van der Waals surface area contributed by atoms with Crippen LogP contribution in [0.15, 0.2) is 6.07 Å². The summed E-state index contributed by atoms with van der Waals surface area (Å²) < 4.78 is 2.14. The Hall–Kier alpha value is -0.480. The normalized spacial score (nSPS) is 21.9. The maximum absolute atomic E-state index is 4.53. The maximum Gasteiger partial charge on any atom is 0.0596 e. The van der Waals surface area contributed by atoms with Crippen molar-refractivity contribution in [1.29, 1.82) is 0 Å². The molecule has 0 bridgehead atoms. The van der Waals surface area contributed by atoms with Crippen molar-refractivity contribution < 1.29 is 0 Å². The molecule has 1 fully saturated rings. The first kappa shape index (κ1) is 13.0. The summed E-state index contributed by atoms with van der Waals surface area (Å²) in [6.45, 7) is 5.21. The first-order chi connectivity index (χ1) is 8.24. The number of aromatic nitrogens is 2. The van der Waals surface area contributed by atoms with E-state index in [0.29, 0.717) is 6.04 Å². The van der Waals surface area contributed by atoms with Crippen LogP contribution in [0.25, 0.3) is 0 Å². The minimum atomic E-state index is 0.603. The lowest BCUT2D eigenvalue weighted by Crippen LogP contribution is -2.36. The summed E-state index contributed by atoms with van der Waals surface area (Å²) in [7, 11) is 2.09. The number of nitrogens with one attached hydrogen (secondary N) is 1. The molecule has 0 aliphatic carbocycles. The zero-order valence-corrected chi connectivity index (χ0v) is 11.9. The van der Waals surface area contributed by atoms with Crippen molar-refractivity contribution in [2.45, 2.75) is 39.3 Å². The molecule has 1 saturated heterocycles. The van der Waals surface area contributed by atoms with Crippen LogP contribution in [0.5, 0.6) is 0 Å². The molecular formula is C13H23N3S. The molecule has 2 heterocycles. The molecule has 1 N–H and O–H groups in total. The van der Waals surface area contributed by atoms with Crippen molar-refractivity contribution >= 4 is 11.8 Å². The highest BCUT2D eigenvalue weighted by Crippen LogP contribution is 2.27. The lowest BCUT2D eigenvalue weighted by molar-refractivity contribution is 0.394. The molecular weight excluding hydrogens is 230 g/mol. The van der Waals surface area contributed by atoms with Crippen LogP contribution in [0.4, 0.5) is 0 Å². The highest BCUT2D eigenvalue weighted by Gasteiger charge is 2.25. The van der Waals surface area contributed by atoms with Gasteiger partial charge in [-0.25, -0.2) is 0 Å². The second-order valence-electron chi connectivity index (χ2n) is 4.82. The van der Waals surface area contributed by atoms with Crippen molar-refractivity contribution in [2.24, 2.45) is 5.92 Å². The standard InChI is InChI=1S/C13H23N3S/c1-4-16-12(7-10(2)15-16)8-13(14-3)11-5-6-17-9-11/h7,11,13-14H,4-6,8-9H2,1-3H3. The highest BCUT2D eigenvalue weighted by molar-refractivity contribution is 7.99. The van der Waals surface area contributed by atoms with Gasteiger partial charge < -0.3 is 5.32 Å². The van der Waals surface area contributed by atoms with E-state index in [1.807, 2.05) is 0 Å². The fourth-order valence-electron chi connectivity index (χ4n) is 2.64. The Morgan fingerprint density at radius 1 is 1.65 bits per heavy atom. The predicted molar refractivity (Wildman–Crippen MR) is 74.6 cm³/mol. The largest absolute Gasteiger partial charge is 0.316 e. The number of hydrogen-bond donors (Lipinski definition) is 1. The third-order valence-electron chi connectivity index (χ3n) is 3.62. The number of hydrogen-bond acceptors (Lipinski definition) is 3. The summed E-state index contributed by atoms with van der Waals surface area (Å²) in [4.78, 5) is 0. The van der Waals surface area contributed by atoms with E-state index >= 15 is 0 Å². The van der Waals surface area contributed by atoms with Gasteiger partial charge in [0, 0.05) is 24.7 Å². The summed E-state index contributed by atoms with van der Waals surface area (Å²) in [5.74, 6) is 3.46. The molecule has 1 aliphatic rings. The molecule has 4 heteroatoms. The van der Waals surface area contributed by atoms with Gasteiger partial charge in [0.05, 0.1) is 5.69 Å². The quantitative estimate of drug-likeness (QED) is 0.871. The van der Waals surface area contributed by atoms with E-state index in [0.717, 1.165) is 24.6 Å². The Morgan fingerprint density at radius 2 is 2.47 bits per heavy atom. The van der Waals surface area contributed by atoms with Gasteiger partial charge in [0.2, 0.25) is 0 Å². The van der Waals surface area contributed by atoms with Gasteiger partial charge in [0.15, 0.2) is 0 Å². The van der Waals surface area contributed by atoms with Gasteiger partial charge in [-0.05, 0) is 50.8 Å². The van der Waals surface area contributed by atoms with E-state index in [9.17, 15) is 0 Å². The Morgan fingerprint density at radius 3 is 3.06 bits per heavy atom. The number of likely N-dealkylation sites (N-methyl/N-ethyl adjacent to an activating group) is 1. The van der Waals surface area contributed by atoms with Gasteiger partial charge in [-0.15, -0.1) is 0 Å². The summed E-state index contributed by atoms with van der Waals surface area (Å²) >= 11 is 2.09. The van der Waals surface area contributed by atoms with E-state index in [2.05, 4.69) is 53.8 Å². The van der Waals surface area contributed by atoms with Crippen molar-refractivity contribution in [2.75, 3.05) is 18.6 Å². The van der Waals surface area contributed by atoms with E-state index in [4.69, 9.17) is 0 Å². The Balaban J connectivity index is 2.06. The summed E-state index contributed by atoms with van der Waals surface area (Å²) in [6.07, 6.45) is 2.46. The van der Waals surface area contributed by atoms with Crippen molar-refractivity contribution in [3.8, 4) is 0 Å². The lowest BCUT2D eigenvalue weighted by atomic mass is 9.95. The molecule has 0 amide bonds. The van der Waals surface area contributed by atoms with Crippen LogP contribution in [-0.2, 0) is 13.0 Å². The van der Waals surface area contributed by atoms with Crippen LogP contribution >= 0.6 is 11.8 Å². The fourth-order valence-corrected chi connectivity index (χ4v) is 3.97. The van der Waals surface area contributed by atoms with Gasteiger partial charge >= 0.3 is 0 Å². The molecule has 2 unspecified atom stereocenters. The third kappa shape index (κ3) is 3.05. The van der Waals surface area contributed by atoms with Crippen LogP contribution < -0.4 is 5.32 Å². The van der Waals surface area contributed by atoms with E-state index in [1.165, 1.54) is 23.6 Å². The van der Waals surface area contributed by atoms with Gasteiger partial charge in [-0.3, -0.25) is 4.68 Å². The van der Waals surface area contributed by atoms with E-state index < -0.39 is 0 Å². The van der Waals surface area contributed by atoms with Crippen molar-refractivity contribution in [1.82, 2.24) is 15.1 Å². The van der Waals surface area contributed by atoms with Gasteiger partial charge in [-0.1, -0.05) is 0 Å². The Kier molecular flexibility index (Phi) is 4.51. The smallest absolute Gasteiger partial charge is 0.0596 e. The Bertz CT molecular complexity index is 356. The topological polar surface area (TPSA) is 29.9 Å². The zero-order chi connectivity index (χ0) is 12.3. The molecule has 17 heavy (non-hydrogen) atoms. The van der Waals surface area contributed by atoms with Crippen LogP contribution in [0, 0.1) is 12.8 Å². The first-order valence-corrected chi connectivity index (χ1v) is 7.68. The number of thioether (sulfide) groups is 1. The van der Waals surface area contributed by atoms with E-state index in [-0.39, 0.29) is 0 Å². The fraction of sp³-hybridized carbons (Fsp3) is 0.769. The predicted octanol–water partition coefficient (Wildman–Crippen LogP) is 2.10. The SMILES string of the molecule is CCn1nc(C)cc1CC(NC)C1CCSC1. The second-order valence-corrected chi connectivity index (χ2v) is 5.97. The summed E-state index contributed by atoms with van der Waals surface area (Å²) in [5.41, 5.74) is 2.51. The van der Waals surface area contributed by atoms with Gasteiger partial charge in [0.25, 0.3) is 0 Å². The highest BCUT2D eigenvalue weighted by atomic mass is 32.2. The average Bonchev–Trinajstić information content (AvgIpc) is 2.94. The van der Waals surface area contributed by atoms with Gasteiger partial charge in [-0.2, -0.15) is 16.9 Å². The molecule has 0 aromatic carbocycles. The molecule has 2 rings (SSSR count). The first-order valence-electron chi connectivity index (χ1n) is 6.53. The molecule has 1 aliphatic heterocycles. The molecule has 96 valence electrons. The number of rotatable bonds is 5. The summed E-state index contributed by atoms with van der Waals surface area (Å²) in [5, 5.41) is 8.03. The van der Waals surface area contributed by atoms with Crippen LogP contribution in [-0.4, -0.2) is 34.4 Å². The second kappa shape index (κ2) is 5.91. The molecule has 3 nitrogen and oxygen atoms in total. The van der Waals surface area contributed by atoms with Crippen LogP contribution in [0.1, 0.15) is 24.7 Å². The summed E-state index contributed by atoms with van der Waals surface area (Å²) in [6, 6.07) is 2.84. The monoisotopic (exact) mass is 253 g/mol. The Labute approximate surface area is 108 Å². The molecule has 0 saturated carbocycles. The molecule has 2 atom stereocenters. The van der Waals surface area contributed by atoms with Crippen molar-refractivity contribution in [3.63, 3.8) is 0 Å².